The normalized spacial score (nSPS) is 11.6. The molecule has 0 aliphatic heterocycles. The van der Waals surface area contributed by atoms with Crippen molar-refractivity contribution in [2.75, 3.05) is 0 Å². The van der Waals surface area contributed by atoms with Crippen molar-refractivity contribution in [1.29, 1.82) is 0 Å². The molecule has 0 unspecified atom stereocenters. The highest BCUT2D eigenvalue weighted by Gasteiger charge is 2.15. The molecular weight excluding hydrogens is 226 g/mol. The Morgan fingerprint density at radius 1 is 1.25 bits per heavy atom. The third-order valence-electron chi connectivity index (χ3n) is 2.18. The number of nitrogens with two attached hydrogens (primary N) is 1. The monoisotopic (exact) mass is 237 g/mol. The summed E-state index contributed by atoms with van der Waals surface area (Å²) in [5.74, 6) is 0. The van der Waals surface area contributed by atoms with E-state index in [1.165, 1.54) is 6.07 Å². The number of rotatable bonds is 2. The molecule has 1 aromatic heterocycles. The molecular formula is C10H11N3O2S. The lowest BCUT2D eigenvalue weighted by Gasteiger charge is -2.04. The summed E-state index contributed by atoms with van der Waals surface area (Å²) in [6, 6.07) is 8.27. The predicted molar refractivity (Wildman–Crippen MR) is 60.0 cm³/mol. The Balaban J connectivity index is 2.66. The minimum absolute atomic E-state index is 0.0914. The fourth-order valence-corrected chi connectivity index (χ4v) is 2.23. The van der Waals surface area contributed by atoms with Crippen molar-refractivity contribution in [2.24, 2.45) is 12.2 Å². The molecule has 0 spiro atoms. The molecule has 2 aromatic rings. The van der Waals surface area contributed by atoms with Crippen LogP contribution in [0.5, 0.6) is 0 Å². The Labute approximate surface area is 93.6 Å². The molecule has 6 heteroatoms. The Bertz CT molecular complexity index is 616. The Morgan fingerprint density at radius 3 is 2.50 bits per heavy atom. The lowest BCUT2D eigenvalue weighted by Crippen LogP contribution is -2.13. The average Bonchev–Trinajstić information content (AvgIpc) is 2.64. The van der Waals surface area contributed by atoms with E-state index in [9.17, 15) is 8.42 Å². The molecule has 0 atom stereocenters. The van der Waals surface area contributed by atoms with Gasteiger partial charge < -0.3 is 0 Å². The van der Waals surface area contributed by atoms with Crippen LogP contribution >= 0.6 is 0 Å². The van der Waals surface area contributed by atoms with E-state index in [1.54, 1.807) is 42.2 Å². The highest BCUT2D eigenvalue weighted by atomic mass is 32.2. The van der Waals surface area contributed by atoms with Crippen molar-refractivity contribution in [3.63, 3.8) is 0 Å². The number of aryl methyl sites for hydroxylation is 1. The fourth-order valence-electron chi connectivity index (χ4n) is 1.49. The van der Waals surface area contributed by atoms with Crippen LogP contribution in [0, 0.1) is 0 Å². The minimum Gasteiger partial charge on any atom is -0.275 e. The van der Waals surface area contributed by atoms with Gasteiger partial charge >= 0.3 is 0 Å². The summed E-state index contributed by atoms with van der Waals surface area (Å²) in [7, 11) is -1.95. The number of nitrogens with zero attached hydrogens (tertiary/aromatic N) is 2. The second kappa shape index (κ2) is 3.73. The van der Waals surface area contributed by atoms with E-state index in [4.69, 9.17) is 5.14 Å². The van der Waals surface area contributed by atoms with Crippen LogP contribution in [-0.4, -0.2) is 18.2 Å². The standard InChI is InChI=1S/C10H11N3O2S/c1-13-7-6-9(12-13)8-4-2-3-5-10(8)16(11,14)15/h2-7H,1H3,(H2,11,14,15). The zero-order valence-electron chi connectivity index (χ0n) is 8.66. The maximum Gasteiger partial charge on any atom is 0.238 e. The molecule has 0 fully saturated rings. The summed E-state index contributed by atoms with van der Waals surface area (Å²) in [4.78, 5) is 0.0914. The second-order valence-electron chi connectivity index (χ2n) is 3.42. The summed E-state index contributed by atoms with van der Waals surface area (Å²) in [6.45, 7) is 0. The topological polar surface area (TPSA) is 78.0 Å². The molecule has 0 saturated carbocycles. The van der Waals surface area contributed by atoms with E-state index in [0.29, 0.717) is 11.3 Å². The third kappa shape index (κ3) is 1.98. The van der Waals surface area contributed by atoms with Gasteiger partial charge in [-0.15, -0.1) is 0 Å². The summed E-state index contributed by atoms with van der Waals surface area (Å²) in [5.41, 5.74) is 1.11. The molecule has 5 nitrogen and oxygen atoms in total. The summed E-state index contributed by atoms with van der Waals surface area (Å²) >= 11 is 0. The van der Waals surface area contributed by atoms with Gasteiger partial charge in [-0.05, 0) is 12.1 Å². The van der Waals surface area contributed by atoms with Gasteiger partial charge in [0.15, 0.2) is 0 Å². The van der Waals surface area contributed by atoms with Crippen molar-refractivity contribution < 1.29 is 8.42 Å². The summed E-state index contributed by atoms with van der Waals surface area (Å²) in [6.07, 6.45) is 1.75. The largest absolute Gasteiger partial charge is 0.275 e. The lowest BCUT2D eigenvalue weighted by atomic mass is 10.1. The molecule has 0 saturated heterocycles. The first-order valence-corrected chi connectivity index (χ1v) is 6.15. The average molecular weight is 237 g/mol. The predicted octanol–water partition coefficient (Wildman–Crippen LogP) is 0.734. The van der Waals surface area contributed by atoms with Crippen molar-refractivity contribution in [1.82, 2.24) is 9.78 Å². The molecule has 0 bridgehead atoms. The summed E-state index contributed by atoms with van der Waals surface area (Å²) in [5, 5.41) is 9.29. The van der Waals surface area contributed by atoms with Crippen molar-refractivity contribution in [3.05, 3.63) is 36.5 Å². The number of aromatic nitrogens is 2. The Morgan fingerprint density at radius 2 is 1.94 bits per heavy atom. The van der Waals surface area contributed by atoms with Gasteiger partial charge in [0, 0.05) is 18.8 Å². The number of benzene rings is 1. The number of hydrogen-bond donors (Lipinski definition) is 1. The first-order chi connectivity index (χ1) is 7.48. The molecule has 0 aliphatic rings. The molecule has 1 heterocycles. The van der Waals surface area contributed by atoms with Crippen molar-refractivity contribution in [3.8, 4) is 11.3 Å². The molecule has 2 rings (SSSR count). The molecule has 1 aromatic carbocycles. The van der Waals surface area contributed by atoms with E-state index in [1.807, 2.05) is 0 Å². The van der Waals surface area contributed by atoms with Gasteiger partial charge in [-0.25, -0.2) is 13.6 Å². The van der Waals surface area contributed by atoms with E-state index >= 15 is 0 Å². The van der Waals surface area contributed by atoms with Gasteiger partial charge in [0.2, 0.25) is 10.0 Å². The molecule has 16 heavy (non-hydrogen) atoms. The van der Waals surface area contributed by atoms with Crippen LogP contribution < -0.4 is 5.14 Å². The van der Waals surface area contributed by atoms with E-state index in [2.05, 4.69) is 5.10 Å². The van der Waals surface area contributed by atoms with Crippen LogP contribution in [0.1, 0.15) is 0 Å². The fraction of sp³-hybridized carbons (Fsp3) is 0.100. The highest BCUT2D eigenvalue weighted by Crippen LogP contribution is 2.24. The maximum absolute atomic E-state index is 11.4. The summed E-state index contributed by atoms with van der Waals surface area (Å²) < 4.78 is 24.4. The third-order valence-corrected chi connectivity index (χ3v) is 3.15. The Hall–Kier alpha value is -1.66. The molecule has 0 radical (unpaired) electrons. The van der Waals surface area contributed by atoms with Crippen LogP contribution in [-0.2, 0) is 17.1 Å². The van der Waals surface area contributed by atoms with E-state index in [-0.39, 0.29) is 4.90 Å². The zero-order valence-corrected chi connectivity index (χ0v) is 9.48. The van der Waals surface area contributed by atoms with E-state index < -0.39 is 10.0 Å². The molecule has 0 amide bonds. The zero-order chi connectivity index (χ0) is 11.8. The smallest absolute Gasteiger partial charge is 0.238 e. The Kier molecular flexibility index (Phi) is 2.53. The molecule has 0 aliphatic carbocycles. The van der Waals surface area contributed by atoms with Gasteiger partial charge in [-0.1, -0.05) is 18.2 Å². The first-order valence-electron chi connectivity index (χ1n) is 4.60. The SMILES string of the molecule is Cn1ccc(-c2ccccc2S(N)(=O)=O)n1. The highest BCUT2D eigenvalue weighted by molar-refractivity contribution is 7.89. The van der Waals surface area contributed by atoms with Gasteiger partial charge in [0.1, 0.15) is 0 Å². The van der Waals surface area contributed by atoms with Gasteiger partial charge in [0.05, 0.1) is 10.6 Å². The van der Waals surface area contributed by atoms with Crippen LogP contribution in [0.25, 0.3) is 11.3 Å². The first kappa shape index (κ1) is 10.8. The number of primary sulfonamides is 1. The van der Waals surface area contributed by atoms with Crippen molar-refractivity contribution >= 4 is 10.0 Å². The maximum atomic E-state index is 11.4. The quantitative estimate of drug-likeness (QED) is 0.836. The molecule has 2 N–H and O–H groups in total. The number of hydrogen-bond acceptors (Lipinski definition) is 3. The van der Waals surface area contributed by atoms with Gasteiger partial charge in [-0.2, -0.15) is 5.10 Å². The minimum atomic E-state index is -3.72. The van der Waals surface area contributed by atoms with Crippen LogP contribution in [0.2, 0.25) is 0 Å². The lowest BCUT2D eigenvalue weighted by molar-refractivity contribution is 0.598. The van der Waals surface area contributed by atoms with Gasteiger partial charge in [-0.3, -0.25) is 4.68 Å². The van der Waals surface area contributed by atoms with Crippen LogP contribution in [0.4, 0.5) is 0 Å². The van der Waals surface area contributed by atoms with Crippen LogP contribution in [0.3, 0.4) is 0 Å². The van der Waals surface area contributed by atoms with Gasteiger partial charge in [0.25, 0.3) is 0 Å². The number of sulfonamides is 1. The van der Waals surface area contributed by atoms with E-state index in [0.717, 1.165) is 0 Å². The van der Waals surface area contributed by atoms with Crippen molar-refractivity contribution in [2.45, 2.75) is 4.90 Å². The van der Waals surface area contributed by atoms with Crippen LogP contribution in [0.15, 0.2) is 41.4 Å². The second-order valence-corrected chi connectivity index (χ2v) is 4.95. The molecule has 84 valence electrons.